The molecular formula is C15H14N2O4S. The van der Waals surface area contributed by atoms with Crippen molar-refractivity contribution in [2.75, 3.05) is 0 Å². The van der Waals surface area contributed by atoms with E-state index in [1.165, 1.54) is 0 Å². The average Bonchev–Trinajstić information content (AvgIpc) is 3.01. The summed E-state index contributed by atoms with van der Waals surface area (Å²) in [6, 6.07) is 7.14. The summed E-state index contributed by atoms with van der Waals surface area (Å²) < 4.78 is 1.89. The Morgan fingerprint density at radius 1 is 1.32 bits per heavy atom. The first kappa shape index (κ1) is 14.6. The number of carbonyl (C=O) groups is 3. The monoisotopic (exact) mass is 318 g/mol. The third-order valence-corrected chi connectivity index (χ3v) is 4.45. The van der Waals surface area contributed by atoms with Crippen LogP contribution < -0.4 is 5.32 Å². The average molecular weight is 318 g/mol. The predicted molar refractivity (Wildman–Crippen MR) is 82.8 cm³/mol. The Labute approximate surface area is 130 Å². The summed E-state index contributed by atoms with van der Waals surface area (Å²) in [6.07, 6.45) is 2.35. The number of aliphatic carboxylic acids is 1. The largest absolute Gasteiger partial charge is 0.481 e. The molecule has 0 spiro atoms. The molecule has 114 valence electrons. The van der Waals surface area contributed by atoms with Crippen LogP contribution in [0.5, 0.6) is 0 Å². The van der Waals surface area contributed by atoms with Crippen molar-refractivity contribution in [1.29, 1.82) is 0 Å². The van der Waals surface area contributed by atoms with Crippen LogP contribution in [0, 0.1) is 0 Å². The van der Waals surface area contributed by atoms with Crippen molar-refractivity contribution in [3.8, 4) is 0 Å². The van der Waals surface area contributed by atoms with Crippen molar-refractivity contribution in [1.82, 2.24) is 9.88 Å². The van der Waals surface area contributed by atoms with E-state index in [4.69, 9.17) is 5.11 Å². The number of hydrogen-bond acceptors (Lipinski definition) is 4. The van der Waals surface area contributed by atoms with Crippen LogP contribution in [0.25, 0.3) is 10.9 Å². The fourth-order valence-electron chi connectivity index (χ4n) is 2.62. The first-order valence-corrected chi connectivity index (χ1v) is 7.67. The maximum Gasteiger partial charge on any atom is 0.305 e. The van der Waals surface area contributed by atoms with Gasteiger partial charge in [-0.3, -0.25) is 14.4 Å². The van der Waals surface area contributed by atoms with Crippen LogP contribution in [0.4, 0.5) is 4.79 Å². The van der Waals surface area contributed by atoms with Crippen molar-refractivity contribution in [2.24, 2.45) is 0 Å². The Balaban J connectivity index is 1.86. The van der Waals surface area contributed by atoms with E-state index in [9.17, 15) is 14.4 Å². The number of carbonyl (C=O) groups excluding carboxylic acids is 2. The van der Waals surface area contributed by atoms with Crippen LogP contribution in [0.3, 0.4) is 0 Å². The number of carboxylic acids is 1. The van der Waals surface area contributed by atoms with Gasteiger partial charge in [-0.25, -0.2) is 0 Å². The van der Waals surface area contributed by atoms with Crippen LogP contribution in [-0.4, -0.2) is 32.0 Å². The zero-order chi connectivity index (χ0) is 15.7. The first-order chi connectivity index (χ1) is 10.5. The van der Waals surface area contributed by atoms with Crippen LogP contribution in [-0.2, 0) is 22.6 Å². The number of nitrogens with zero attached hydrogens (tertiary/aromatic N) is 1. The van der Waals surface area contributed by atoms with Gasteiger partial charge in [-0.2, -0.15) is 0 Å². The molecule has 1 aromatic heterocycles. The van der Waals surface area contributed by atoms with E-state index < -0.39 is 12.0 Å². The molecule has 0 aliphatic carbocycles. The first-order valence-electron chi connectivity index (χ1n) is 6.85. The molecule has 1 saturated heterocycles. The van der Waals surface area contributed by atoms with Gasteiger partial charge in [-0.15, -0.1) is 0 Å². The molecule has 7 heteroatoms. The van der Waals surface area contributed by atoms with E-state index in [1.54, 1.807) is 0 Å². The number of aromatic nitrogens is 1. The lowest BCUT2D eigenvalue weighted by Gasteiger charge is -2.10. The van der Waals surface area contributed by atoms with E-state index in [-0.39, 0.29) is 16.8 Å². The molecule has 6 nitrogen and oxygen atoms in total. The Morgan fingerprint density at radius 2 is 2.14 bits per heavy atom. The number of nitrogens with one attached hydrogen (secondary N) is 1. The molecule has 1 aliphatic heterocycles. The minimum atomic E-state index is -0.839. The fourth-order valence-corrected chi connectivity index (χ4v) is 3.29. The summed E-state index contributed by atoms with van der Waals surface area (Å²) in [5.41, 5.74) is 1.90. The van der Waals surface area contributed by atoms with Crippen LogP contribution >= 0.6 is 11.8 Å². The second-order valence-electron chi connectivity index (χ2n) is 5.11. The quantitative estimate of drug-likeness (QED) is 0.880. The second kappa shape index (κ2) is 5.84. The minimum absolute atomic E-state index is 0.0574. The third kappa shape index (κ3) is 2.85. The number of rotatable bonds is 5. The Kier molecular flexibility index (Phi) is 3.89. The standard InChI is InChI=1S/C15H14N2O4S/c18-13(19)5-7-17-6-4-10-9(2-1-3-12(10)17)8-11-14(20)22-15(21)16-11/h1-4,6,11H,5,7-8H2,(H,16,21)(H,18,19). The lowest BCUT2D eigenvalue weighted by Crippen LogP contribution is -2.30. The Hall–Kier alpha value is -2.28. The van der Waals surface area contributed by atoms with Crippen molar-refractivity contribution >= 4 is 39.0 Å². The highest BCUT2D eigenvalue weighted by Crippen LogP contribution is 2.25. The van der Waals surface area contributed by atoms with Gasteiger partial charge in [0.2, 0.25) is 5.12 Å². The van der Waals surface area contributed by atoms with Gasteiger partial charge in [0.1, 0.15) is 6.04 Å². The number of thioether (sulfide) groups is 1. The molecule has 1 fully saturated rings. The summed E-state index contributed by atoms with van der Waals surface area (Å²) in [7, 11) is 0. The molecule has 22 heavy (non-hydrogen) atoms. The minimum Gasteiger partial charge on any atom is -0.481 e. The molecule has 3 rings (SSSR count). The molecule has 0 saturated carbocycles. The maximum atomic E-state index is 11.7. The van der Waals surface area contributed by atoms with E-state index >= 15 is 0 Å². The van der Waals surface area contributed by atoms with E-state index in [1.807, 2.05) is 35.0 Å². The van der Waals surface area contributed by atoms with Gasteiger partial charge < -0.3 is 15.0 Å². The topological polar surface area (TPSA) is 88.4 Å². The summed E-state index contributed by atoms with van der Waals surface area (Å²) in [6.45, 7) is 0.400. The van der Waals surface area contributed by atoms with Gasteiger partial charge in [-0.05, 0) is 17.7 Å². The number of amides is 1. The van der Waals surface area contributed by atoms with Gasteiger partial charge in [0.15, 0.2) is 0 Å². The maximum absolute atomic E-state index is 11.7. The number of fused-ring (bicyclic) bond motifs is 1. The molecule has 1 aliphatic rings. The summed E-state index contributed by atoms with van der Waals surface area (Å²) >= 11 is 0.710. The molecule has 1 atom stereocenters. The highest BCUT2D eigenvalue weighted by molar-refractivity contribution is 8.26. The third-order valence-electron chi connectivity index (χ3n) is 3.66. The number of benzene rings is 1. The number of carboxylic acid groups (broad SMARTS) is 1. The van der Waals surface area contributed by atoms with Crippen molar-refractivity contribution in [3.05, 3.63) is 36.0 Å². The van der Waals surface area contributed by atoms with Gasteiger partial charge >= 0.3 is 5.97 Å². The smallest absolute Gasteiger partial charge is 0.305 e. The molecule has 1 amide bonds. The predicted octanol–water partition coefficient (Wildman–Crippen LogP) is 2.01. The lowest BCUT2D eigenvalue weighted by atomic mass is 10.0. The molecule has 0 bridgehead atoms. The molecule has 2 aromatic rings. The Morgan fingerprint density at radius 3 is 2.82 bits per heavy atom. The zero-order valence-electron chi connectivity index (χ0n) is 11.6. The molecule has 1 unspecified atom stereocenters. The van der Waals surface area contributed by atoms with Crippen molar-refractivity contribution < 1.29 is 19.5 Å². The molecule has 1 aromatic carbocycles. The number of aryl methyl sites for hydroxylation is 1. The zero-order valence-corrected chi connectivity index (χ0v) is 12.4. The van der Waals surface area contributed by atoms with E-state index in [0.29, 0.717) is 24.7 Å². The lowest BCUT2D eigenvalue weighted by molar-refractivity contribution is -0.137. The fraction of sp³-hybridized carbons (Fsp3) is 0.267. The normalized spacial score (nSPS) is 17.9. The van der Waals surface area contributed by atoms with Crippen LogP contribution in [0.2, 0.25) is 0 Å². The summed E-state index contributed by atoms with van der Waals surface area (Å²) in [5.74, 6) is -0.839. The van der Waals surface area contributed by atoms with Gasteiger partial charge in [-0.1, -0.05) is 12.1 Å². The second-order valence-corrected chi connectivity index (χ2v) is 6.09. The van der Waals surface area contributed by atoms with Gasteiger partial charge in [0.05, 0.1) is 6.42 Å². The molecule has 0 radical (unpaired) electrons. The summed E-state index contributed by atoms with van der Waals surface area (Å²) in [5, 5.41) is 12.0. The summed E-state index contributed by atoms with van der Waals surface area (Å²) in [4.78, 5) is 33.7. The van der Waals surface area contributed by atoms with Crippen molar-refractivity contribution in [2.45, 2.75) is 25.4 Å². The Bertz CT molecular complexity index is 768. The van der Waals surface area contributed by atoms with Crippen LogP contribution in [0.1, 0.15) is 12.0 Å². The van der Waals surface area contributed by atoms with Gasteiger partial charge in [0.25, 0.3) is 5.24 Å². The van der Waals surface area contributed by atoms with Crippen LogP contribution in [0.15, 0.2) is 30.5 Å². The molecular weight excluding hydrogens is 304 g/mol. The SMILES string of the molecule is O=C(O)CCn1ccc2c(CC3NC(=O)SC3=O)cccc21. The van der Waals surface area contributed by atoms with E-state index in [2.05, 4.69) is 5.32 Å². The van der Waals surface area contributed by atoms with E-state index in [0.717, 1.165) is 16.5 Å². The number of hydrogen-bond donors (Lipinski definition) is 2. The van der Waals surface area contributed by atoms with Gasteiger partial charge in [0, 0.05) is 41.8 Å². The molecule has 2 N–H and O–H groups in total. The van der Waals surface area contributed by atoms with Crippen molar-refractivity contribution in [3.63, 3.8) is 0 Å². The highest BCUT2D eigenvalue weighted by Gasteiger charge is 2.31. The molecule has 2 heterocycles. The highest BCUT2D eigenvalue weighted by atomic mass is 32.2.